The summed E-state index contributed by atoms with van der Waals surface area (Å²) in [7, 11) is 0. The largest absolute Gasteiger partial charge is 0.360 e. The van der Waals surface area contributed by atoms with Crippen LogP contribution < -0.4 is 0 Å². The van der Waals surface area contributed by atoms with Crippen LogP contribution in [0.2, 0.25) is 5.02 Å². The molecule has 3 rings (SSSR count). The minimum Gasteiger partial charge on any atom is -0.360 e. The topological polar surface area (TPSA) is 32.9 Å². The summed E-state index contributed by atoms with van der Waals surface area (Å²) in [6.07, 6.45) is 1.75. The first kappa shape index (κ1) is 13.4. The van der Waals surface area contributed by atoms with E-state index >= 15 is 0 Å². The molecule has 2 aromatic carbocycles. The molecule has 0 saturated carbocycles. The van der Waals surface area contributed by atoms with Crippen LogP contribution in [0.15, 0.2) is 47.1 Å². The number of fused-ring (bicyclic) bond motifs is 1. The Morgan fingerprint density at radius 3 is 2.75 bits per heavy atom. The van der Waals surface area contributed by atoms with Crippen LogP contribution in [0.4, 0.5) is 0 Å². The molecule has 0 aliphatic heterocycles. The molecule has 0 saturated heterocycles. The molecule has 0 bridgehead atoms. The maximum atomic E-state index is 12.6. The highest BCUT2D eigenvalue weighted by molar-refractivity contribution is 9.10. The molecule has 0 atom stereocenters. The number of carbonyl (C=O) groups is 1. The fraction of sp³-hybridized carbons (Fsp3) is 0.0625. The van der Waals surface area contributed by atoms with E-state index in [2.05, 4.69) is 20.9 Å². The normalized spacial score (nSPS) is 10.9. The summed E-state index contributed by atoms with van der Waals surface area (Å²) >= 11 is 9.36. The number of benzene rings is 2. The number of rotatable bonds is 2. The third-order valence-electron chi connectivity index (χ3n) is 3.21. The highest BCUT2D eigenvalue weighted by Gasteiger charge is 2.15. The smallest absolute Gasteiger partial charge is 0.195 e. The van der Waals surface area contributed by atoms with Crippen LogP contribution in [0.3, 0.4) is 0 Å². The third-order valence-corrected chi connectivity index (χ3v) is 3.88. The average Bonchev–Trinajstić information content (AvgIpc) is 2.79. The van der Waals surface area contributed by atoms with Gasteiger partial charge < -0.3 is 4.98 Å². The number of carbonyl (C=O) groups excluding carboxylic acids is 1. The van der Waals surface area contributed by atoms with E-state index in [4.69, 9.17) is 11.6 Å². The first-order valence-electron chi connectivity index (χ1n) is 6.13. The Kier molecular flexibility index (Phi) is 3.40. The zero-order chi connectivity index (χ0) is 14.3. The first-order valence-corrected chi connectivity index (χ1v) is 7.30. The average molecular weight is 349 g/mol. The van der Waals surface area contributed by atoms with Crippen molar-refractivity contribution in [1.82, 2.24) is 4.98 Å². The summed E-state index contributed by atoms with van der Waals surface area (Å²) in [6.45, 7) is 2.02. The van der Waals surface area contributed by atoms with Gasteiger partial charge in [0.15, 0.2) is 5.78 Å². The summed E-state index contributed by atoms with van der Waals surface area (Å²) < 4.78 is 0.795. The summed E-state index contributed by atoms with van der Waals surface area (Å²) in [6, 6.07) is 11.2. The maximum absolute atomic E-state index is 12.6. The Balaban J connectivity index is 2.12. The third kappa shape index (κ3) is 2.39. The Labute approximate surface area is 129 Å². The second-order valence-electron chi connectivity index (χ2n) is 4.74. The van der Waals surface area contributed by atoms with E-state index in [1.807, 2.05) is 25.1 Å². The van der Waals surface area contributed by atoms with Crippen molar-refractivity contribution >= 4 is 44.2 Å². The van der Waals surface area contributed by atoms with Gasteiger partial charge in [-0.25, -0.2) is 0 Å². The first-order chi connectivity index (χ1) is 9.54. The summed E-state index contributed by atoms with van der Waals surface area (Å²) in [5.41, 5.74) is 3.36. The van der Waals surface area contributed by atoms with Gasteiger partial charge in [-0.3, -0.25) is 4.79 Å². The Hall–Kier alpha value is -1.58. The van der Waals surface area contributed by atoms with Crippen molar-refractivity contribution in [3.8, 4) is 0 Å². The zero-order valence-electron chi connectivity index (χ0n) is 10.7. The van der Waals surface area contributed by atoms with Crippen LogP contribution in [0.25, 0.3) is 10.9 Å². The minimum atomic E-state index is -0.0386. The van der Waals surface area contributed by atoms with Gasteiger partial charge >= 0.3 is 0 Å². The van der Waals surface area contributed by atoms with Crippen molar-refractivity contribution in [2.75, 3.05) is 0 Å². The molecule has 20 heavy (non-hydrogen) atoms. The molecule has 0 fully saturated rings. The number of halogens is 2. The van der Waals surface area contributed by atoms with Gasteiger partial charge in [0.05, 0.1) is 0 Å². The van der Waals surface area contributed by atoms with Crippen LogP contribution in [0.1, 0.15) is 21.5 Å². The highest BCUT2D eigenvalue weighted by atomic mass is 79.9. The number of H-pyrrole nitrogens is 1. The van der Waals surface area contributed by atoms with E-state index in [9.17, 15) is 4.79 Å². The van der Waals surface area contributed by atoms with Crippen molar-refractivity contribution in [2.24, 2.45) is 0 Å². The predicted molar refractivity (Wildman–Crippen MR) is 85.6 cm³/mol. The maximum Gasteiger partial charge on any atom is 0.195 e. The van der Waals surface area contributed by atoms with Gasteiger partial charge in [0.2, 0.25) is 0 Å². The van der Waals surface area contributed by atoms with E-state index in [1.165, 1.54) is 0 Å². The molecule has 3 aromatic rings. The van der Waals surface area contributed by atoms with Gasteiger partial charge in [-0.2, -0.15) is 0 Å². The summed E-state index contributed by atoms with van der Waals surface area (Å²) in [5.74, 6) is -0.0386. The molecule has 1 heterocycles. The Morgan fingerprint density at radius 2 is 2.00 bits per heavy atom. The monoisotopic (exact) mass is 347 g/mol. The van der Waals surface area contributed by atoms with Crippen molar-refractivity contribution in [2.45, 2.75) is 6.92 Å². The fourth-order valence-electron chi connectivity index (χ4n) is 2.27. The zero-order valence-corrected chi connectivity index (χ0v) is 13.0. The van der Waals surface area contributed by atoms with Crippen LogP contribution in [-0.4, -0.2) is 10.8 Å². The van der Waals surface area contributed by atoms with Crippen LogP contribution in [0, 0.1) is 6.92 Å². The quantitative estimate of drug-likeness (QED) is 0.640. The Morgan fingerprint density at radius 1 is 1.20 bits per heavy atom. The van der Waals surface area contributed by atoms with Crippen LogP contribution in [0.5, 0.6) is 0 Å². The van der Waals surface area contributed by atoms with Crippen molar-refractivity contribution in [1.29, 1.82) is 0 Å². The van der Waals surface area contributed by atoms with Gasteiger partial charge in [0.25, 0.3) is 0 Å². The van der Waals surface area contributed by atoms with E-state index in [1.54, 1.807) is 24.4 Å². The molecule has 1 N–H and O–H groups in total. The van der Waals surface area contributed by atoms with E-state index in [0.717, 1.165) is 20.9 Å². The number of aromatic nitrogens is 1. The van der Waals surface area contributed by atoms with Crippen molar-refractivity contribution in [3.63, 3.8) is 0 Å². The lowest BCUT2D eigenvalue weighted by Crippen LogP contribution is -2.00. The van der Waals surface area contributed by atoms with Gasteiger partial charge in [0, 0.05) is 37.7 Å². The van der Waals surface area contributed by atoms with Crippen molar-refractivity contribution < 1.29 is 4.79 Å². The molecular formula is C16H11BrClNO. The molecule has 1 aromatic heterocycles. The molecule has 0 spiro atoms. The molecule has 0 radical (unpaired) electrons. The number of aromatic amines is 1. The van der Waals surface area contributed by atoms with Gasteiger partial charge in [-0.1, -0.05) is 39.7 Å². The van der Waals surface area contributed by atoms with Crippen molar-refractivity contribution in [3.05, 3.63) is 68.8 Å². The molecule has 100 valence electrons. The number of nitrogens with one attached hydrogen (secondary N) is 1. The predicted octanol–water partition coefficient (Wildman–Crippen LogP) is 5.12. The Bertz CT molecular complexity index is 802. The van der Waals surface area contributed by atoms with E-state index in [0.29, 0.717) is 16.1 Å². The molecule has 0 aliphatic carbocycles. The number of ketones is 1. The molecule has 0 amide bonds. The van der Waals surface area contributed by atoms with Gasteiger partial charge in [0.1, 0.15) is 0 Å². The fourth-order valence-corrected chi connectivity index (χ4v) is 3.13. The second-order valence-corrected chi connectivity index (χ2v) is 6.09. The number of aryl methyl sites for hydroxylation is 1. The lowest BCUT2D eigenvalue weighted by molar-refractivity contribution is 0.104. The molecule has 0 unspecified atom stereocenters. The van der Waals surface area contributed by atoms with Gasteiger partial charge in [-0.15, -0.1) is 0 Å². The molecular weight excluding hydrogens is 338 g/mol. The molecule has 4 heteroatoms. The summed E-state index contributed by atoms with van der Waals surface area (Å²) in [5, 5.41) is 1.47. The minimum absolute atomic E-state index is 0.0386. The van der Waals surface area contributed by atoms with Gasteiger partial charge in [-0.05, 0) is 36.8 Å². The van der Waals surface area contributed by atoms with E-state index < -0.39 is 0 Å². The SMILES string of the molecule is Cc1ccc2c(C(=O)c3cc(Cl)cc(Br)c3)c[nH]c2c1. The molecule has 2 nitrogen and oxygen atoms in total. The number of hydrogen-bond donors (Lipinski definition) is 1. The second kappa shape index (κ2) is 5.08. The standard InChI is InChI=1S/C16H11BrClNO/c1-9-2-3-13-14(8-19-15(13)4-9)16(20)10-5-11(17)7-12(18)6-10/h2-8,19H,1H3. The van der Waals surface area contributed by atoms with Crippen LogP contribution >= 0.6 is 27.5 Å². The van der Waals surface area contributed by atoms with E-state index in [-0.39, 0.29) is 5.78 Å². The molecule has 0 aliphatic rings. The lowest BCUT2D eigenvalue weighted by Gasteiger charge is -2.02. The summed E-state index contributed by atoms with van der Waals surface area (Å²) in [4.78, 5) is 15.8. The highest BCUT2D eigenvalue weighted by Crippen LogP contribution is 2.25. The lowest BCUT2D eigenvalue weighted by atomic mass is 10.0. The van der Waals surface area contributed by atoms with Crippen LogP contribution in [-0.2, 0) is 0 Å². The number of hydrogen-bond acceptors (Lipinski definition) is 1.